The minimum atomic E-state index is -1.09. The first-order valence-electron chi connectivity index (χ1n) is 13.5. The number of nitro groups is 1. The van der Waals surface area contributed by atoms with E-state index in [0.717, 1.165) is 19.3 Å². The Morgan fingerprint density at radius 3 is 2.35 bits per heavy atom. The summed E-state index contributed by atoms with van der Waals surface area (Å²) in [6.45, 7) is 4.41. The molecule has 37 heavy (non-hydrogen) atoms. The van der Waals surface area contributed by atoms with Crippen LogP contribution in [-0.2, 0) is 19.1 Å². The predicted octanol–water partition coefficient (Wildman–Crippen LogP) is 4.54. The van der Waals surface area contributed by atoms with Gasteiger partial charge in [-0.1, -0.05) is 76.8 Å². The molecule has 0 radical (unpaired) electrons. The summed E-state index contributed by atoms with van der Waals surface area (Å²) < 4.78 is 10.9. The molecular weight excluding hydrogens is 478 g/mol. The normalized spacial score (nSPS) is 16.1. The lowest BCUT2D eigenvalue weighted by atomic mass is 10.1. The average Bonchev–Trinajstić information content (AvgIpc) is 2.88. The van der Waals surface area contributed by atoms with Crippen LogP contribution in [0.4, 0.5) is 5.69 Å². The predicted molar refractivity (Wildman–Crippen MR) is 139 cm³/mol. The Labute approximate surface area is 219 Å². The summed E-state index contributed by atoms with van der Waals surface area (Å²) in [5.41, 5.74) is -0.259. The molecule has 1 fully saturated rings. The average molecular weight is 520 g/mol. The van der Waals surface area contributed by atoms with Gasteiger partial charge in [0, 0.05) is 19.2 Å². The highest BCUT2D eigenvalue weighted by molar-refractivity contribution is 5.93. The van der Waals surface area contributed by atoms with Crippen molar-refractivity contribution in [2.24, 2.45) is 0 Å². The van der Waals surface area contributed by atoms with E-state index in [-0.39, 0.29) is 37.6 Å². The fourth-order valence-electron chi connectivity index (χ4n) is 4.36. The minimum Gasteiger partial charge on any atom is -0.474 e. The van der Waals surface area contributed by atoms with Crippen LogP contribution in [0.2, 0.25) is 0 Å². The van der Waals surface area contributed by atoms with Gasteiger partial charge >= 0.3 is 11.7 Å². The zero-order valence-corrected chi connectivity index (χ0v) is 22.1. The summed E-state index contributed by atoms with van der Waals surface area (Å²) in [5.74, 6) is -1.54. The Morgan fingerprint density at radius 1 is 1.08 bits per heavy atom. The van der Waals surface area contributed by atoms with Gasteiger partial charge in [-0.25, -0.2) is 0 Å². The third kappa shape index (κ3) is 10.4. The number of unbranched alkanes of at least 4 members (excludes halogenated alkanes) is 9. The molecule has 1 N–H and O–H groups in total. The maximum atomic E-state index is 13.1. The minimum absolute atomic E-state index is 0.0396. The topological polar surface area (TPSA) is 128 Å². The van der Waals surface area contributed by atoms with Crippen molar-refractivity contribution in [2.75, 3.05) is 19.7 Å². The molecule has 1 aromatic carbocycles. The van der Waals surface area contributed by atoms with Crippen LogP contribution in [0, 0.1) is 10.1 Å². The first-order valence-corrected chi connectivity index (χ1v) is 13.5. The third-order valence-electron chi connectivity index (χ3n) is 6.45. The molecule has 1 aromatic rings. The van der Waals surface area contributed by atoms with Crippen molar-refractivity contribution in [2.45, 2.75) is 96.6 Å². The van der Waals surface area contributed by atoms with Crippen LogP contribution < -0.4 is 10.1 Å². The monoisotopic (exact) mass is 519 g/mol. The summed E-state index contributed by atoms with van der Waals surface area (Å²) in [6, 6.07) is 4.75. The molecule has 2 atom stereocenters. The number of piperazine rings is 1. The fourth-order valence-corrected chi connectivity index (χ4v) is 4.36. The van der Waals surface area contributed by atoms with Gasteiger partial charge in [-0.2, -0.15) is 0 Å². The molecule has 0 aromatic heterocycles. The summed E-state index contributed by atoms with van der Waals surface area (Å²) in [4.78, 5) is 49.9. The Bertz CT molecular complexity index is 893. The summed E-state index contributed by atoms with van der Waals surface area (Å²) in [7, 11) is 0. The fraction of sp³-hybridized carbons (Fsp3) is 0.667. The maximum absolute atomic E-state index is 13.1. The van der Waals surface area contributed by atoms with Gasteiger partial charge in [0.25, 0.3) is 5.91 Å². The van der Waals surface area contributed by atoms with E-state index in [0.29, 0.717) is 0 Å². The van der Waals surface area contributed by atoms with Gasteiger partial charge in [0.2, 0.25) is 5.91 Å². The van der Waals surface area contributed by atoms with E-state index >= 15 is 0 Å². The second-order valence-electron chi connectivity index (χ2n) is 9.43. The number of carbonyl (C=O) groups excluding carboxylic acids is 3. The van der Waals surface area contributed by atoms with E-state index in [9.17, 15) is 24.5 Å². The smallest absolute Gasteiger partial charge is 0.310 e. The number of amides is 2. The number of esters is 1. The second kappa shape index (κ2) is 16.6. The van der Waals surface area contributed by atoms with E-state index in [2.05, 4.69) is 12.2 Å². The number of nitrogens with one attached hydrogen (secondary N) is 1. The highest BCUT2D eigenvalue weighted by atomic mass is 16.6. The zero-order valence-electron chi connectivity index (χ0n) is 22.1. The number of rotatable bonds is 17. The molecular formula is C27H41N3O7. The van der Waals surface area contributed by atoms with Gasteiger partial charge in [0.05, 0.1) is 18.0 Å². The van der Waals surface area contributed by atoms with Crippen molar-refractivity contribution in [1.29, 1.82) is 0 Å². The zero-order chi connectivity index (χ0) is 27.0. The van der Waals surface area contributed by atoms with Crippen molar-refractivity contribution < 1.29 is 28.8 Å². The molecule has 0 aliphatic carbocycles. The lowest BCUT2D eigenvalue weighted by Crippen LogP contribution is -2.60. The Balaban J connectivity index is 1.77. The van der Waals surface area contributed by atoms with E-state index in [1.54, 1.807) is 6.07 Å². The van der Waals surface area contributed by atoms with E-state index in [4.69, 9.17) is 9.47 Å². The Hall–Kier alpha value is -3.17. The van der Waals surface area contributed by atoms with Crippen molar-refractivity contribution in [3.63, 3.8) is 0 Å². The Kier molecular flexibility index (Phi) is 13.4. The molecule has 0 bridgehead atoms. The molecule has 2 unspecified atom stereocenters. The number of benzene rings is 1. The van der Waals surface area contributed by atoms with E-state index < -0.39 is 34.9 Å². The number of ether oxygens (including phenoxy) is 2. The lowest BCUT2D eigenvalue weighted by Gasteiger charge is -2.35. The third-order valence-corrected chi connectivity index (χ3v) is 6.45. The molecule has 1 saturated heterocycles. The van der Waals surface area contributed by atoms with Gasteiger partial charge < -0.3 is 19.7 Å². The van der Waals surface area contributed by atoms with Crippen LogP contribution in [-0.4, -0.2) is 59.4 Å². The molecule has 1 heterocycles. The number of carbonyl (C=O) groups is 3. The molecule has 10 nitrogen and oxygen atoms in total. The number of para-hydroxylation sites is 2. The van der Waals surface area contributed by atoms with Crippen molar-refractivity contribution in [3.05, 3.63) is 34.4 Å². The lowest BCUT2D eigenvalue weighted by molar-refractivity contribution is -0.386. The van der Waals surface area contributed by atoms with Crippen LogP contribution in [0.15, 0.2) is 24.3 Å². The van der Waals surface area contributed by atoms with E-state index in [1.165, 1.54) is 75.0 Å². The Morgan fingerprint density at radius 2 is 1.70 bits per heavy atom. The largest absolute Gasteiger partial charge is 0.474 e. The molecule has 1 aliphatic heterocycles. The van der Waals surface area contributed by atoms with Crippen LogP contribution in [0.25, 0.3) is 0 Å². The van der Waals surface area contributed by atoms with Crippen LogP contribution in [0.3, 0.4) is 0 Å². The highest BCUT2D eigenvalue weighted by Crippen LogP contribution is 2.27. The summed E-state index contributed by atoms with van der Waals surface area (Å²) >= 11 is 0. The van der Waals surface area contributed by atoms with Gasteiger partial charge in [-0.05, 0) is 19.4 Å². The van der Waals surface area contributed by atoms with Crippen molar-refractivity contribution >= 4 is 23.5 Å². The van der Waals surface area contributed by atoms with Crippen LogP contribution >= 0.6 is 0 Å². The molecule has 0 spiro atoms. The van der Waals surface area contributed by atoms with Crippen molar-refractivity contribution in [3.8, 4) is 5.75 Å². The van der Waals surface area contributed by atoms with Crippen LogP contribution in [0.5, 0.6) is 5.75 Å². The molecule has 2 amide bonds. The van der Waals surface area contributed by atoms with E-state index in [1.807, 2.05) is 0 Å². The van der Waals surface area contributed by atoms with Gasteiger partial charge in [0.1, 0.15) is 6.04 Å². The maximum Gasteiger partial charge on any atom is 0.310 e. The first kappa shape index (κ1) is 30.1. The second-order valence-corrected chi connectivity index (χ2v) is 9.43. The highest BCUT2D eigenvalue weighted by Gasteiger charge is 2.37. The van der Waals surface area contributed by atoms with Gasteiger partial charge in [0.15, 0.2) is 11.9 Å². The molecule has 206 valence electrons. The SMILES string of the molecule is CCCCCCCCCCCCOC(=O)CC1C(=O)NCCN1C(=O)C(C)Oc1ccccc1[N+](=O)[O-]. The van der Waals surface area contributed by atoms with Gasteiger partial charge in [-0.15, -0.1) is 0 Å². The standard InChI is InChI=1S/C27H41N3O7/c1-3-4-5-6-7-8-9-10-11-14-19-36-25(31)20-23-26(32)28-17-18-29(23)27(33)21(2)37-24-16-13-12-15-22(24)30(34)35/h12-13,15-16,21,23H,3-11,14,17-20H2,1-2H3,(H,28,32). The summed E-state index contributed by atoms with van der Waals surface area (Å²) in [5, 5.41) is 13.9. The van der Waals surface area contributed by atoms with Gasteiger partial charge in [-0.3, -0.25) is 24.5 Å². The summed E-state index contributed by atoms with van der Waals surface area (Å²) in [6.07, 6.45) is 10.4. The number of nitro benzene ring substituents is 1. The van der Waals surface area contributed by atoms with Crippen molar-refractivity contribution in [1.82, 2.24) is 10.2 Å². The molecule has 1 aliphatic rings. The number of hydrogen-bond donors (Lipinski definition) is 1. The number of hydrogen-bond acceptors (Lipinski definition) is 7. The number of nitrogens with zero attached hydrogens (tertiary/aromatic N) is 2. The van der Waals surface area contributed by atoms with Crippen LogP contribution in [0.1, 0.15) is 84.5 Å². The quantitative estimate of drug-likeness (QED) is 0.138. The first-order chi connectivity index (χ1) is 17.8. The molecule has 10 heteroatoms. The molecule has 2 rings (SSSR count). The molecule has 0 saturated carbocycles.